The van der Waals surface area contributed by atoms with Gasteiger partial charge in [-0.1, -0.05) is 26.3 Å². The molecular weight excluding hydrogens is 315 g/mol. The Morgan fingerprint density at radius 2 is 1.92 bits per heavy atom. The lowest BCUT2D eigenvalue weighted by atomic mass is 9.45. The van der Waals surface area contributed by atoms with Crippen LogP contribution in [-0.4, -0.2) is 17.5 Å². The molecule has 0 aromatic heterocycles. The molecule has 0 aliphatic heterocycles. The summed E-state index contributed by atoms with van der Waals surface area (Å²) in [5.74, 6) is 2.24. The van der Waals surface area contributed by atoms with Crippen molar-refractivity contribution in [1.82, 2.24) is 0 Å². The lowest BCUT2D eigenvalue weighted by Gasteiger charge is -2.59. The Hall–Kier alpha value is -0.960. The average Bonchev–Trinajstić information content (AvgIpc) is 2.93. The fourth-order valence-corrected chi connectivity index (χ4v) is 7.34. The molecule has 0 amide bonds. The van der Waals surface area contributed by atoms with E-state index in [-0.39, 0.29) is 16.7 Å². The third kappa shape index (κ3) is 2.34. The second kappa shape index (κ2) is 5.77. The number of aliphatic hydroxyl groups is 1. The third-order valence-electron chi connectivity index (χ3n) is 8.53. The molecule has 0 heterocycles. The predicted octanol–water partition coefficient (Wildman–Crippen LogP) is 4.98. The van der Waals surface area contributed by atoms with Gasteiger partial charge in [-0.15, -0.1) is 0 Å². The first-order valence-electron chi connectivity index (χ1n) is 10.0. The van der Waals surface area contributed by atoms with E-state index in [4.69, 9.17) is 0 Å². The molecule has 2 nitrogen and oxygen atoms in total. The Morgan fingerprint density at radius 1 is 1.20 bits per heavy atom. The van der Waals surface area contributed by atoms with Gasteiger partial charge in [0, 0.05) is 6.42 Å². The second-order valence-electron chi connectivity index (χ2n) is 9.53. The molecule has 1 N–H and O–H groups in total. The molecular formula is C22H31FO2. The Labute approximate surface area is 150 Å². The van der Waals surface area contributed by atoms with Crippen molar-refractivity contribution in [2.45, 2.75) is 65.7 Å². The number of rotatable bonds is 1. The zero-order valence-electron chi connectivity index (χ0n) is 15.8. The maximum atomic E-state index is 14.3. The van der Waals surface area contributed by atoms with Gasteiger partial charge >= 0.3 is 0 Å². The molecule has 25 heavy (non-hydrogen) atoms. The number of halogens is 1. The van der Waals surface area contributed by atoms with E-state index >= 15 is 0 Å². The molecule has 0 aromatic rings. The maximum Gasteiger partial charge on any atom is 0.155 e. The number of hydrogen-bond acceptors (Lipinski definition) is 2. The number of carbonyl (C=O) groups is 1. The van der Waals surface area contributed by atoms with Crippen molar-refractivity contribution >= 4 is 5.78 Å². The molecule has 0 aromatic carbocycles. The number of hydrogen-bond donors (Lipinski definition) is 1. The fourth-order valence-electron chi connectivity index (χ4n) is 7.34. The maximum absolute atomic E-state index is 14.3. The molecule has 5 unspecified atom stereocenters. The quantitative estimate of drug-likeness (QED) is 0.727. The first-order valence-corrected chi connectivity index (χ1v) is 10.0. The highest BCUT2D eigenvalue weighted by molar-refractivity contribution is 5.91. The van der Waals surface area contributed by atoms with Crippen molar-refractivity contribution in [2.24, 2.45) is 34.5 Å². The van der Waals surface area contributed by atoms with Crippen LogP contribution >= 0.6 is 0 Å². The Morgan fingerprint density at radius 3 is 2.64 bits per heavy atom. The van der Waals surface area contributed by atoms with Crippen molar-refractivity contribution in [2.75, 3.05) is 6.61 Å². The minimum atomic E-state index is -0.450. The summed E-state index contributed by atoms with van der Waals surface area (Å²) in [5.41, 5.74) is 2.37. The molecule has 4 rings (SSSR count). The monoisotopic (exact) mass is 346 g/mol. The van der Waals surface area contributed by atoms with Crippen LogP contribution in [0.25, 0.3) is 0 Å². The molecule has 4 aliphatic rings. The zero-order chi connectivity index (χ0) is 18.0. The first kappa shape index (κ1) is 17.5. The number of allylic oxidation sites excluding steroid dienone is 2. The molecule has 3 saturated carbocycles. The van der Waals surface area contributed by atoms with Gasteiger partial charge in [-0.3, -0.25) is 4.79 Å². The number of carbonyl (C=O) groups excluding carboxylic acids is 1. The van der Waals surface area contributed by atoms with Gasteiger partial charge < -0.3 is 5.11 Å². The molecule has 0 spiro atoms. The van der Waals surface area contributed by atoms with E-state index in [1.165, 1.54) is 5.57 Å². The summed E-state index contributed by atoms with van der Waals surface area (Å²) in [4.78, 5) is 12.0. The third-order valence-corrected chi connectivity index (χ3v) is 8.53. The fraction of sp³-hybridized carbons (Fsp3) is 0.773. The van der Waals surface area contributed by atoms with Crippen LogP contribution in [0.1, 0.15) is 65.7 Å². The van der Waals surface area contributed by atoms with Crippen LogP contribution in [0.3, 0.4) is 0 Å². The number of aliphatic hydroxyl groups excluding tert-OH is 1. The molecule has 0 radical (unpaired) electrons. The summed E-state index contributed by atoms with van der Waals surface area (Å²) in [7, 11) is 0. The van der Waals surface area contributed by atoms with Crippen molar-refractivity contribution in [3.63, 3.8) is 0 Å². The number of fused-ring (bicyclic) bond motifs is 5. The smallest absolute Gasteiger partial charge is 0.155 e. The van der Waals surface area contributed by atoms with Gasteiger partial charge in [0.2, 0.25) is 0 Å². The van der Waals surface area contributed by atoms with E-state index in [0.29, 0.717) is 35.9 Å². The highest BCUT2D eigenvalue weighted by atomic mass is 19.1. The second-order valence-corrected chi connectivity index (χ2v) is 9.53. The Bertz CT molecular complexity index is 663. The predicted molar refractivity (Wildman–Crippen MR) is 96.5 cm³/mol. The Balaban J connectivity index is 1.72. The SMILES string of the molecule is C[C@H]1CC2C(CCC3(C)C(=C(F)CO)CCC23)C2(C)CCC(=O)C=C12. The van der Waals surface area contributed by atoms with Gasteiger partial charge in [-0.05, 0) is 84.7 Å². The van der Waals surface area contributed by atoms with Crippen molar-refractivity contribution < 1.29 is 14.3 Å². The standard InChI is InChI=1S/C22H31FO2/c1-13-10-15-16-4-5-18(20(23)12-24)21(16,2)9-7-17(15)22(3)8-6-14(25)11-19(13)22/h11,13,15-17,24H,4-10,12H2,1-3H3/t13-,15?,16?,17?,21?,22?/m0/s1. The van der Waals surface area contributed by atoms with Crippen LogP contribution in [0.15, 0.2) is 23.0 Å². The van der Waals surface area contributed by atoms with Crippen molar-refractivity contribution in [3.05, 3.63) is 23.0 Å². The normalized spacial score (nSPS) is 48.4. The van der Waals surface area contributed by atoms with E-state index in [0.717, 1.165) is 44.1 Å². The minimum absolute atomic E-state index is 0.0736. The van der Waals surface area contributed by atoms with Gasteiger partial charge in [0.1, 0.15) is 5.83 Å². The van der Waals surface area contributed by atoms with E-state index in [1.54, 1.807) is 0 Å². The summed E-state index contributed by atoms with van der Waals surface area (Å²) in [6.07, 6.45) is 8.77. The van der Waals surface area contributed by atoms with E-state index < -0.39 is 6.61 Å². The minimum Gasteiger partial charge on any atom is -0.389 e. The van der Waals surface area contributed by atoms with Gasteiger partial charge in [0.25, 0.3) is 0 Å². The average molecular weight is 346 g/mol. The lowest BCUT2D eigenvalue weighted by Crippen LogP contribution is -2.51. The van der Waals surface area contributed by atoms with Crippen LogP contribution in [0.5, 0.6) is 0 Å². The zero-order valence-corrected chi connectivity index (χ0v) is 15.8. The van der Waals surface area contributed by atoms with Crippen LogP contribution in [-0.2, 0) is 4.79 Å². The van der Waals surface area contributed by atoms with Crippen molar-refractivity contribution in [1.29, 1.82) is 0 Å². The van der Waals surface area contributed by atoms with Crippen LogP contribution in [0, 0.1) is 34.5 Å². The molecule has 3 heteroatoms. The topological polar surface area (TPSA) is 37.3 Å². The highest BCUT2D eigenvalue weighted by Crippen LogP contribution is 2.67. The summed E-state index contributed by atoms with van der Waals surface area (Å²) < 4.78 is 14.3. The van der Waals surface area contributed by atoms with Gasteiger partial charge in [-0.25, -0.2) is 4.39 Å². The molecule has 0 saturated heterocycles. The summed E-state index contributed by atoms with van der Waals surface area (Å²) >= 11 is 0. The van der Waals surface area contributed by atoms with Crippen LogP contribution in [0.4, 0.5) is 4.39 Å². The van der Waals surface area contributed by atoms with Crippen LogP contribution in [0.2, 0.25) is 0 Å². The lowest BCUT2D eigenvalue weighted by molar-refractivity contribution is -0.117. The van der Waals surface area contributed by atoms with Crippen molar-refractivity contribution in [3.8, 4) is 0 Å². The Kier molecular flexibility index (Phi) is 4.03. The molecule has 138 valence electrons. The largest absolute Gasteiger partial charge is 0.389 e. The summed E-state index contributed by atoms with van der Waals surface area (Å²) in [6, 6.07) is 0. The molecule has 4 aliphatic carbocycles. The molecule has 6 atom stereocenters. The van der Waals surface area contributed by atoms with E-state index in [9.17, 15) is 14.3 Å². The van der Waals surface area contributed by atoms with Gasteiger partial charge in [-0.2, -0.15) is 0 Å². The summed E-state index contributed by atoms with van der Waals surface area (Å²) in [5, 5.41) is 9.32. The summed E-state index contributed by atoms with van der Waals surface area (Å²) in [6.45, 7) is 6.47. The van der Waals surface area contributed by atoms with Gasteiger partial charge in [0.15, 0.2) is 5.78 Å². The van der Waals surface area contributed by atoms with E-state index in [2.05, 4.69) is 20.8 Å². The molecule has 0 bridgehead atoms. The van der Waals surface area contributed by atoms with Gasteiger partial charge in [0.05, 0.1) is 6.61 Å². The first-order chi connectivity index (χ1) is 11.8. The van der Waals surface area contributed by atoms with E-state index in [1.807, 2.05) is 6.08 Å². The highest BCUT2D eigenvalue weighted by Gasteiger charge is 2.59. The molecule has 3 fully saturated rings. The van der Waals surface area contributed by atoms with Crippen LogP contribution < -0.4 is 0 Å². The number of ketones is 1.